The van der Waals surface area contributed by atoms with Crippen LogP contribution in [0.15, 0.2) is 72.8 Å². The maximum atomic E-state index is 12.9. The predicted molar refractivity (Wildman–Crippen MR) is 207 cm³/mol. The molecule has 7 rings (SSSR count). The number of aliphatic hydroxyl groups is 1. The molecule has 3 amide bonds. The molecule has 1 unspecified atom stereocenters. The van der Waals surface area contributed by atoms with Crippen LogP contribution in [-0.4, -0.2) is 90.3 Å². The quantitative estimate of drug-likeness (QED) is 0.113. The minimum Gasteiger partial charge on any atom is -0.492 e. The van der Waals surface area contributed by atoms with Crippen molar-refractivity contribution in [3.05, 3.63) is 95.1 Å². The van der Waals surface area contributed by atoms with Crippen LogP contribution in [0.25, 0.3) is 11.1 Å². The Bertz CT molecular complexity index is 1790. The van der Waals surface area contributed by atoms with Gasteiger partial charge in [-0.25, -0.2) is 0 Å². The Morgan fingerprint density at radius 3 is 2.24 bits per heavy atom. The standard InChI is InChI=1S/C44H53N3O7/c1-2-38(30-6-4-3-5-7-30)42(31-8-12-34(48)13-9-31)32-10-14-35(15-11-32)52-25-24-46-22-20-36(21-23-46)53-26-27-54-37-16-17-39-33(28-37)29-47(44(39)51)40-18-19-41(49)45-43(40)50/h3-7,10-11,14-17,28,31,34,36,40,48H,2,8-9,12-13,18-27,29H2,1H3,(H,45,49,50)/b42-38-. The van der Waals surface area contributed by atoms with Gasteiger partial charge in [0.1, 0.15) is 30.8 Å². The summed E-state index contributed by atoms with van der Waals surface area (Å²) in [5.41, 5.74) is 6.73. The van der Waals surface area contributed by atoms with Crippen molar-refractivity contribution in [1.82, 2.24) is 15.1 Å². The summed E-state index contributed by atoms with van der Waals surface area (Å²) in [5, 5.41) is 12.5. The van der Waals surface area contributed by atoms with Gasteiger partial charge in [-0.15, -0.1) is 0 Å². The van der Waals surface area contributed by atoms with Crippen LogP contribution >= 0.6 is 0 Å². The molecule has 3 aliphatic heterocycles. The van der Waals surface area contributed by atoms with Gasteiger partial charge in [0.15, 0.2) is 0 Å². The van der Waals surface area contributed by atoms with E-state index in [4.69, 9.17) is 14.2 Å². The molecule has 1 aliphatic carbocycles. The zero-order chi connectivity index (χ0) is 37.4. The lowest BCUT2D eigenvalue weighted by molar-refractivity contribution is -0.136. The minimum absolute atomic E-state index is 0.180. The number of imide groups is 1. The van der Waals surface area contributed by atoms with E-state index in [1.165, 1.54) is 22.3 Å². The van der Waals surface area contributed by atoms with Gasteiger partial charge >= 0.3 is 0 Å². The number of nitrogens with one attached hydrogen (secondary N) is 1. The maximum absolute atomic E-state index is 12.9. The van der Waals surface area contributed by atoms with Crippen molar-refractivity contribution < 1.29 is 33.7 Å². The van der Waals surface area contributed by atoms with Crippen LogP contribution in [-0.2, 0) is 20.9 Å². The second-order valence-corrected chi connectivity index (χ2v) is 15.0. The molecule has 3 fully saturated rings. The molecule has 1 saturated carbocycles. The Balaban J connectivity index is 0.826. The number of hydrogen-bond acceptors (Lipinski definition) is 8. The van der Waals surface area contributed by atoms with E-state index in [2.05, 4.69) is 71.7 Å². The molecule has 0 radical (unpaired) electrons. The fourth-order valence-electron chi connectivity index (χ4n) is 8.55. The third-order valence-electron chi connectivity index (χ3n) is 11.5. The van der Waals surface area contributed by atoms with E-state index in [1.54, 1.807) is 17.0 Å². The Labute approximate surface area is 318 Å². The van der Waals surface area contributed by atoms with E-state index in [1.807, 2.05) is 6.07 Å². The fourth-order valence-corrected chi connectivity index (χ4v) is 8.55. The Morgan fingerprint density at radius 1 is 0.796 bits per heavy atom. The average molecular weight is 736 g/mol. The summed E-state index contributed by atoms with van der Waals surface area (Å²) >= 11 is 0. The van der Waals surface area contributed by atoms with Gasteiger partial charge in [0.2, 0.25) is 11.8 Å². The number of piperidine rings is 2. The topological polar surface area (TPSA) is 118 Å². The second-order valence-electron chi connectivity index (χ2n) is 15.0. The van der Waals surface area contributed by atoms with Gasteiger partial charge in [0.25, 0.3) is 5.91 Å². The van der Waals surface area contributed by atoms with Crippen molar-refractivity contribution >= 4 is 28.9 Å². The highest BCUT2D eigenvalue weighted by atomic mass is 16.5. The highest BCUT2D eigenvalue weighted by Gasteiger charge is 2.39. The molecule has 54 heavy (non-hydrogen) atoms. The van der Waals surface area contributed by atoms with E-state index in [0.717, 1.165) is 75.9 Å². The molecule has 0 bridgehead atoms. The van der Waals surface area contributed by atoms with Gasteiger partial charge in [0.05, 0.1) is 18.8 Å². The number of amides is 3. The number of nitrogens with zero attached hydrogens (tertiary/aromatic N) is 2. The molecule has 10 heteroatoms. The molecule has 1 atom stereocenters. The van der Waals surface area contributed by atoms with Gasteiger partial charge in [-0.05, 0) is 115 Å². The van der Waals surface area contributed by atoms with Crippen LogP contribution in [0, 0.1) is 5.92 Å². The normalized spacial score (nSPS) is 22.8. The number of allylic oxidation sites excluding steroid dienone is 2. The van der Waals surface area contributed by atoms with Crippen LogP contribution in [0.5, 0.6) is 11.5 Å². The van der Waals surface area contributed by atoms with Crippen LogP contribution < -0.4 is 14.8 Å². The molecule has 2 saturated heterocycles. The molecular weight excluding hydrogens is 682 g/mol. The first kappa shape index (κ1) is 37.8. The summed E-state index contributed by atoms with van der Waals surface area (Å²) in [5.74, 6) is 1.10. The monoisotopic (exact) mass is 735 g/mol. The number of carbonyl (C=O) groups is 3. The molecule has 3 aromatic rings. The van der Waals surface area contributed by atoms with Crippen molar-refractivity contribution in [2.75, 3.05) is 39.5 Å². The fraction of sp³-hybridized carbons (Fsp3) is 0.477. The SMILES string of the molecule is CC/C(=C(/c1ccc(OCCN2CCC(OCCOc3ccc4c(c3)CN(C3CCC(=O)NC3=O)C4=O)CC2)cc1)C1CCC(O)CC1)c1ccccc1. The summed E-state index contributed by atoms with van der Waals surface area (Å²) in [7, 11) is 0. The molecule has 4 aliphatic rings. The highest BCUT2D eigenvalue weighted by molar-refractivity contribution is 6.05. The van der Waals surface area contributed by atoms with Crippen molar-refractivity contribution in [3.63, 3.8) is 0 Å². The Kier molecular flexibility index (Phi) is 12.4. The van der Waals surface area contributed by atoms with Crippen LogP contribution in [0.3, 0.4) is 0 Å². The van der Waals surface area contributed by atoms with E-state index < -0.39 is 11.9 Å². The molecule has 286 valence electrons. The minimum atomic E-state index is -0.628. The summed E-state index contributed by atoms with van der Waals surface area (Å²) in [6.07, 6.45) is 7.20. The summed E-state index contributed by atoms with van der Waals surface area (Å²) in [4.78, 5) is 40.8. The van der Waals surface area contributed by atoms with Gasteiger partial charge < -0.3 is 24.2 Å². The summed E-state index contributed by atoms with van der Waals surface area (Å²) < 4.78 is 18.3. The van der Waals surface area contributed by atoms with Crippen molar-refractivity contribution in [2.45, 2.75) is 89.5 Å². The van der Waals surface area contributed by atoms with Crippen LogP contribution in [0.2, 0.25) is 0 Å². The number of likely N-dealkylation sites (tertiary alicyclic amines) is 1. The van der Waals surface area contributed by atoms with Crippen LogP contribution in [0.4, 0.5) is 0 Å². The number of carbonyl (C=O) groups excluding carboxylic acids is 3. The average Bonchev–Trinajstić information content (AvgIpc) is 3.52. The number of benzene rings is 3. The van der Waals surface area contributed by atoms with E-state index >= 15 is 0 Å². The summed E-state index contributed by atoms with van der Waals surface area (Å²) in [6, 6.07) is 24.1. The number of ether oxygens (including phenoxy) is 3. The second kappa shape index (κ2) is 17.8. The molecule has 10 nitrogen and oxygen atoms in total. The van der Waals surface area contributed by atoms with Gasteiger partial charge in [-0.1, -0.05) is 49.4 Å². The van der Waals surface area contributed by atoms with Crippen molar-refractivity contribution in [1.29, 1.82) is 0 Å². The van der Waals surface area contributed by atoms with Gasteiger partial charge in [0, 0.05) is 38.2 Å². The highest BCUT2D eigenvalue weighted by Crippen LogP contribution is 2.42. The van der Waals surface area contributed by atoms with E-state index in [-0.39, 0.29) is 30.4 Å². The lowest BCUT2D eigenvalue weighted by atomic mass is 9.76. The lowest BCUT2D eigenvalue weighted by Crippen LogP contribution is -2.52. The smallest absolute Gasteiger partial charge is 0.255 e. The number of fused-ring (bicyclic) bond motifs is 1. The van der Waals surface area contributed by atoms with Gasteiger partial charge in [-0.2, -0.15) is 0 Å². The predicted octanol–water partition coefficient (Wildman–Crippen LogP) is 6.26. The number of rotatable bonds is 14. The summed E-state index contributed by atoms with van der Waals surface area (Å²) in [6.45, 7) is 6.86. The first-order chi connectivity index (χ1) is 26.4. The zero-order valence-corrected chi connectivity index (χ0v) is 31.3. The largest absolute Gasteiger partial charge is 0.492 e. The molecule has 3 heterocycles. The lowest BCUT2D eigenvalue weighted by Gasteiger charge is -2.31. The van der Waals surface area contributed by atoms with E-state index in [9.17, 15) is 19.5 Å². The third kappa shape index (κ3) is 9.05. The molecule has 3 aromatic carbocycles. The van der Waals surface area contributed by atoms with Crippen LogP contribution in [0.1, 0.15) is 91.8 Å². The maximum Gasteiger partial charge on any atom is 0.255 e. The first-order valence-electron chi connectivity index (χ1n) is 19.8. The van der Waals surface area contributed by atoms with Gasteiger partial charge in [-0.3, -0.25) is 24.6 Å². The van der Waals surface area contributed by atoms with Crippen molar-refractivity contribution in [2.24, 2.45) is 5.92 Å². The third-order valence-corrected chi connectivity index (χ3v) is 11.5. The molecule has 2 N–H and O–H groups in total. The molecular formula is C44H53N3O7. The first-order valence-corrected chi connectivity index (χ1v) is 19.8. The van der Waals surface area contributed by atoms with Crippen molar-refractivity contribution in [3.8, 4) is 11.5 Å². The Morgan fingerprint density at radius 2 is 1.52 bits per heavy atom. The Hall–Kier alpha value is -4.51. The molecule has 0 spiro atoms. The zero-order valence-electron chi connectivity index (χ0n) is 31.3. The number of hydrogen-bond donors (Lipinski definition) is 2. The van der Waals surface area contributed by atoms with E-state index in [0.29, 0.717) is 50.0 Å². The molecule has 0 aromatic heterocycles. The number of aliphatic hydroxyl groups excluding tert-OH is 1.